The van der Waals surface area contributed by atoms with Crippen LogP contribution in [0.4, 0.5) is 0 Å². The Hall–Kier alpha value is -0.410. The average molecular weight is 301 g/mol. The molecule has 0 bridgehead atoms. The monoisotopic (exact) mass is 300 g/mol. The van der Waals surface area contributed by atoms with Crippen molar-refractivity contribution in [2.75, 3.05) is 0 Å². The Bertz CT molecular complexity index is 349. The molecule has 0 aliphatic carbocycles. The number of aryl methyl sites for hydroxylation is 1. The van der Waals surface area contributed by atoms with Gasteiger partial charge in [0.05, 0.1) is 8.66 Å². The molecular weight excluding hydrogens is 284 g/mol. The summed E-state index contributed by atoms with van der Waals surface area (Å²) in [6.45, 7) is 5.70. The number of Topliss-reactive ketones (excluding diaryl/α,β-unsaturated/α-hetero) is 1. The third-order valence-electron chi connectivity index (χ3n) is 2.44. The molecule has 0 N–H and O–H groups in total. The van der Waals surface area contributed by atoms with Crippen LogP contribution in [0.1, 0.15) is 47.3 Å². The predicted molar refractivity (Wildman–Crippen MR) is 74.4 cm³/mol. The fraction of sp³-hybridized carbons (Fsp3) is 0.462. The highest BCUT2D eigenvalue weighted by atomic mass is 79.9. The molecule has 1 heterocycles. The van der Waals surface area contributed by atoms with Gasteiger partial charge in [0.2, 0.25) is 0 Å². The number of unbranched alkanes of at least 4 members (excludes halogenated alkanes) is 3. The summed E-state index contributed by atoms with van der Waals surface area (Å²) < 4.78 is 1.07. The van der Waals surface area contributed by atoms with E-state index in [0.29, 0.717) is 6.42 Å². The van der Waals surface area contributed by atoms with Gasteiger partial charge in [-0.1, -0.05) is 12.5 Å². The molecule has 0 saturated carbocycles. The second-order valence-electron chi connectivity index (χ2n) is 3.88. The number of halogens is 1. The second-order valence-corrected chi connectivity index (χ2v) is 6.25. The molecule has 0 aromatic carbocycles. The maximum Gasteiger partial charge on any atom is 0.172 e. The van der Waals surface area contributed by atoms with Crippen LogP contribution in [0.2, 0.25) is 0 Å². The minimum atomic E-state index is 0.275. The first-order valence-corrected chi connectivity index (χ1v) is 7.16. The molecule has 3 heteroatoms. The summed E-state index contributed by atoms with van der Waals surface area (Å²) in [5.41, 5.74) is 1.15. The van der Waals surface area contributed by atoms with Gasteiger partial charge in [-0.15, -0.1) is 17.9 Å². The van der Waals surface area contributed by atoms with Crippen molar-refractivity contribution in [3.05, 3.63) is 32.9 Å². The van der Waals surface area contributed by atoms with Crippen molar-refractivity contribution in [1.82, 2.24) is 0 Å². The molecule has 0 amide bonds. The molecule has 0 spiro atoms. The number of allylic oxidation sites excluding steroid dienone is 1. The van der Waals surface area contributed by atoms with Gasteiger partial charge >= 0.3 is 0 Å². The highest BCUT2D eigenvalue weighted by molar-refractivity contribution is 9.11. The summed E-state index contributed by atoms with van der Waals surface area (Å²) in [7, 11) is 0. The molecule has 1 rings (SSSR count). The van der Waals surface area contributed by atoms with E-state index in [1.165, 1.54) is 0 Å². The van der Waals surface area contributed by atoms with Gasteiger partial charge in [-0.25, -0.2) is 0 Å². The van der Waals surface area contributed by atoms with Crippen molar-refractivity contribution >= 4 is 33.0 Å². The summed E-state index contributed by atoms with van der Waals surface area (Å²) in [5, 5.41) is 0. The highest BCUT2D eigenvalue weighted by Gasteiger charge is 2.10. The molecule has 0 radical (unpaired) electrons. The van der Waals surface area contributed by atoms with Crippen LogP contribution in [0, 0.1) is 6.92 Å². The summed E-state index contributed by atoms with van der Waals surface area (Å²) in [6.07, 6.45) is 6.90. The molecule has 0 aliphatic rings. The van der Waals surface area contributed by atoms with E-state index in [0.717, 1.165) is 39.9 Å². The summed E-state index contributed by atoms with van der Waals surface area (Å²) in [6, 6.07) is 1.97. The number of hydrogen-bond acceptors (Lipinski definition) is 2. The predicted octanol–water partition coefficient (Wildman–Crippen LogP) is 5.14. The van der Waals surface area contributed by atoms with E-state index in [-0.39, 0.29) is 5.78 Å². The number of carbonyl (C=O) groups excluding carboxylic acids is 1. The van der Waals surface area contributed by atoms with E-state index in [4.69, 9.17) is 0 Å². The molecule has 0 aliphatic heterocycles. The Morgan fingerprint density at radius 1 is 1.50 bits per heavy atom. The third kappa shape index (κ3) is 4.22. The zero-order valence-electron chi connectivity index (χ0n) is 9.59. The van der Waals surface area contributed by atoms with Crippen molar-refractivity contribution in [2.45, 2.75) is 39.0 Å². The minimum absolute atomic E-state index is 0.275. The Balaban J connectivity index is 2.32. The van der Waals surface area contributed by atoms with Gasteiger partial charge in [0.1, 0.15) is 0 Å². The van der Waals surface area contributed by atoms with Crippen LogP contribution in [0.15, 0.2) is 22.5 Å². The van der Waals surface area contributed by atoms with Crippen molar-refractivity contribution in [2.24, 2.45) is 0 Å². The lowest BCUT2D eigenvalue weighted by Gasteiger charge is -1.97. The second kappa shape index (κ2) is 7.02. The van der Waals surface area contributed by atoms with Gasteiger partial charge in [-0.3, -0.25) is 4.79 Å². The molecule has 1 nitrogen and oxygen atoms in total. The van der Waals surface area contributed by atoms with E-state index < -0.39 is 0 Å². The Labute approximate surface area is 110 Å². The van der Waals surface area contributed by atoms with Gasteiger partial charge < -0.3 is 0 Å². The lowest BCUT2D eigenvalue weighted by atomic mass is 10.1. The van der Waals surface area contributed by atoms with Crippen LogP contribution in [0.3, 0.4) is 0 Å². The van der Waals surface area contributed by atoms with Crippen LogP contribution in [0.25, 0.3) is 0 Å². The van der Waals surface area contributed by atoms with E-state index in [1.807, 2.05) is 19.1 Å². The molecule has 0 unspecified atom stereocenters. The van der Waals surface area contributed by atoms with Crippen molar-refractivity contribution in [1.29, 1.82) is 0 Å². The van der Waals surface area contributed by atoms with Gasteiger partial charge in [0.25, 0.3) is 0 Å². The SMILES string of the molecule is C=CCCCCCC(=O)c1cc(C)c(Br)s1. The molecule has 0 atom stereocenters. The van der Waals surface area contributed by atoms with Gasteiger partial charge in [0, 0.05) is 6.42 Å². The normalized spacial score (nSPS) is 10.4. The fourth-order valence-electron chi connectivity index (χ4n) is 1.47. The van der Waals surface area contributed by atoms with Gasteiger partial charge in [0.15, 0.2) is 5.78 Å². The molecule has 88 valence electrons. The van der Waals surface area contributed by atoms with Crippen LogP contribution in [-0.2, 0) is 0 Å². The fourth-order valence-corrected chi connectivity index (χ4v) is 2.97. The first kappa shape index (κ1) is 13.7. The topological polar surface area (TPSA) is 17.1 Å². The lowest BCUT2D eigenvalue weighted by molar-refractivity contribution is 0.0983. The zero-order valence-corrected chi connectivity index (χ0v) is 12.0. The quantitative estimate of drug-likeness (QED) is 0.387. The van der Waals surface area contributed by atoms with Crippen molar-refractivity contribution in [3.63, 3.8) is 0 Å². The summed E-state index contributed by atoms with van der Waals surface area (Å²) in [4.78, 5) is 12.7. The van der Waals surface area contributed by atoms with Crippen LogP contribution < -0.4 is 0 Å². The number of ketones is 1. The summed E-state index contributed by atoms with van der Waals surface area (Å²) >= 11 is 4.98. The molecule has 1 aromatic heterocycles. The van der Waals surface area contributed by atoms with E-state index in [1.54, 1.807) is 11.3 Å². The lowest BCUT2D eigenvalue weighted by Crippen LogP contribution is -1.95. The van der Waals surface area contributed by atoms with Crippen LogP contribution in [-0.4, -0.2) is 5.78 Å². The van der Waals surface area contributed by atoms with Crippen LogP contribution in [0.5, 0.6) is 0 Å². The highest BCUT2D eigenvalue weighted by Crippen LogP contribution is 2.28. The third-order valence-corrected chi connectivity index (χ3v) is 4.62. The van der Waals surface area contributed by atoms with Gasteiger partial charge in [-0.2, -0.15) is 0 Å². The average Bonchev–Trinajstić information content (AvgIpc) is 2.59. The standard InChI is InChI=1S/C13H17BrOS/c1-3-4-5-6-7-8-11(15)12-9-10(2)13(14)16-12/h3,9H,1,4-8H2,2H3. The Morgan fingerprint density at radius 2 is 2.25 bits per heavy atom. The molecule has 16 heavy (non-hydrogen) atoms. The molecule has 1 aromatic rings. The number of rotatable bonds is 7. The van der Waals surface area contributed by atoms with E-state index in [2.05, 4.69) is 22.5 Å². The summed E-state index contributed by atoms with van der Waals surface area (Å²) in [5.74, 6) is 0.275. The number of thiophene rings is 1. The first-order valence-electron chi connectivity index (χ1n) is 5.55. The Kier molecular flexibility index (Phi) is 5.99. The van der Waals surface area contributed by atoms with E-state index in [9.17, 15) is 4.79 Å². The van der Waals surface area contributed by atoms with Gasteiger partial charge in [-0.05, 0) is 53.7 Å². The molecular formula is C13H17BrOS. The zero-order chi connectivity index (χ0) is 12.0. The first-order chi connectivity index (χ1) is 7.65. The molecule has 0 fully saturated rings. The van der Waals surface area contributed by atoms with Crippen molar-refractivity contribution < 1.29 is 4.79 Å². The minimum Gasteiger partial charge on any atom is -0.293 e. The Morgan fingerprint density at radius 3 is 2.81 bits per heavy atom. The van der Waals surface area contributed by atoms with Crippen molar-refractivity contribution in [3.8, 4) is 0 Å². The smallest absolute Gasteiger partial charge is 0.172 e. The largest absolute Gasteiger partial charge is 0.293 e. The maximum absolute atomic E-state index is 11.8. The maximum atomic E-state index is 11.8. The van der Waals surface area contributed by atoms with Crippen LogP contribution >= 0.6 is 27.3 Å². The number of hydrogen-bond donors (Lipinski definition) is 0. The number of carbonyl (C=O) groups is 1. The molecule has 0 saturated heterocycles. The van der Waals surface area contributed by atoms with E-state index >= 15 is 0 Å².